The van der Waals surface area contributed by atoms with Crippen molar-refractivity contribution in [1.82, 2.24) is 14.9 Å². The molecule has 7 heteroatoms. The molecule has 1 heterocycles. The van der Waals surface area contributed by atoms with Crippen molar-refractivity contribution in [2.24, 2.45) is 0 Å². The van der Waals surface area contributed by atoms with Crippen LogP contribution in [0, 0.1) is 36.5 Å². The van der Waals surface area contributed by atoms with Crippen LogP contribution in [0.1, 0.15) is 23.4 Å². The van der Waals surface area contributed by atoms with Gasteiger partial charge >= 0.3 is 0 Å². The first-order chi connectivity index (χ1) is 10.0. The van der Waals surface area contributed by atoms with Crippen molar-refractivity contribution in [3.63, 3.8) is 0 Å². The van der Waals surface area contributed by atoms with E-state index >= 15 is 0 Å². The van der Waals surface area contributed by atoms with Gasteiger partial charge in [-0.25, -0.2) is 9.97 Å². The summed E-state index contributed by atoms with van der Waals surface area (Å²) in [7, 11) is 0. The molecule has 0 aliphatic heterocycles. The number of aromatic nitrogens is 2. The van der Waals surface area contributed by atoms with E-state index in [1.807, 2.05) is 32.2 Å². The summed E-state index contributed by atoms with van der Waals surface area (Å²) in [6, 6.07) is 3.79. The van der Waals surface area contributed by atoms with E-state index in [9.17, 15) is 4.79 Å². The molecule has 0 aliphatic carbocycles. The lowest BCUT2D eigenvalue weighted by molar-refractivity contribution is -0.130. The third-order valence-corrected chi connectivity index (χ3v) is 3.60. The van der Waals surface area contributed by atoms with Gasteiger partial charge in [-0.05, 0) is 32.1 Å². The zero-order valence-electron chi connectivity index (χ0n) is 12.4. The molecule has 0 spiro atoms. The fraction of sp³-hybridized carbons (Fsp3) is 0.500. The molecule has 21 heavy (non-hydrogen) atoms. The molecule has 110 valence electrons. The normalized spacial score (nSPS) is 9.76. The van der Waals surface area contributed by atoms with Crippen LogP contribution in [0.2, 0.25) is 0 Å². The number of carbonyl (C=O) groups excluding carboxylic acids is 1. The summed E-state index contributed by atoms with van der Waals surface area (Å²) >= 11 is 1.48. The van der Waals surface area contributed by atoms with E-state index in [4.69, 9.17) is 10.5 Å². The van der Waals surface area contributed by atoms with Gasteiger partial charge in [0.2, 0.25) is 5.91 Å². The summed E-state index contributed by atoms with van der Waals surface area (Å²) < 4.78 is 0. The van der Waals surface area contributed by atoms with Gasteiger partial charge in [0.15, 0.2) is 5.16 Å². The SMILES string of the molecule is CSc1nc(C)c(CCC(=O)N(CC#N)CC#N)c(C)n1. The fourth-order valence-electron chi connectivity index (χ4n) is 1.95. The first-order valence-electron chi connectivity index (χ1n) is 6.43. The molecule has 0 fully saturated rings. The highest BCUT2D eigenvalue weighted by Crippen LogP contribution is 2.17. The highest BCUT2D eigenvalue weighted by atomic mass is 32.2. The van der Waals surface area contributed by atoms with Crippen LogP contribution in [0.3, 0.4) is 0 Å². The second kappa shape index (κ2) is 8.23. The number of carbonyl (C=O) groups is 1. The minimum atomic E-state index is -0.203. The van der Waals surface area contributed by atoms with Crippen molar-refractivity contribution in [3.8, 4) is 12.1 Å². The van der Waals surface area contributed by atoms with E-state index in [2.05, 4.69) is 9.97 Å². The molecule has 1 aromatic heterocycles. The topological polar surface area (TPSA) is 93.7 Å². The van der Waals surface area contributed by atoms with Gasteiger partial charge in [0.1, 0.15) is 13.1 Å². The molecule has 0 saturated carbocycles. The average molecular weight is 303 g/mol. The first kappa shape index (κ1) is 16.9. The van der Waals surface area contributed by atoms with Gasteiger partial charge < -0.3 is 4.90 Å². The van der Waals surface area contributed by atoms with E-state index in [-0.39, 0.29) is 25.4 Å². The van der Waals surface area contributed by atoms with Crippen LogP contribution in [0.25, 0.3) is 0 Å². The number of rotatable bonds is 6. The van der Waals surface area contributed by atoms with Crippen LogP contribution in [0.5, 0.6) is 0 Å². The smallest absolute Gasteiger partial charge is 0.224 e. The third kappa shape index (κ3) is 4.73. The van der Waals surface area contributed by atoms with Crippen molar-refractivity contribution >= 4 is 17.7 Å². The van der Waals surface area contributed by atoms with E-state index < -0.39 is 0 Å². The quantitative estimate of drug-likeness (QED) is 0.450. The van der Waals surface area contributed by atoms with Gasteiger partial charge in [-0.2, -0.15) is 10.5 Å². The van der Waals surface area contributed by atoms with Crippen molar-refractivity contribution < 1.29 is 4.79 Å². The van der Waals surface area contributed by atoms with Gasteiger partial charge in [-0.15, -0.1) is 0 Å². The van der Waals surface area contributed by atoms with Crippen LogP contribution in [0.4, 0.5) is 0 Å². The van der Waals surface area contributed by atoms with Crippen molar-refractivity contribution in [3.05, 3.63) is 17.0 Å². The average Bonchev–Trinajstić information content (AvgIpc) is 2.45. The minimum Gasteiger partial charge on any atom is -0.316 e. The Morgan fingerprint density at radius 2 is 1.71 bits per heavy atom. The summed E-state index contributed by atoms with van der Waals surface area (Å²) in [6.07, 6.45) is 2.67. The van der Waals surface area contributed by atoms with Crippen LogP contribution in [-0.4, -0.2) is 40.1 Å². The Hall–Kier alpha value is -2.12. The third-order valence-electron chi connectivity index (χ3n) is 3.05. The summed E-state index contributed by atoms with van der Waals surface area (Å²) in [5.41, 5.74) is 2.69. The van der Waals surface area contributed by atoms with Crippen LogP contribution in [0.15, 0.2) is 5.16 Å². The van der Waals surface area contributed by atoms with Gasteiger partial charge in [0.05, 0.1) is 12.1 Å². The Bertz CT molecular complexity index is 563. The number of amides is 1. The summed E-state index contributed by atoms with van der Waals surface area (Å²) in [5, 5.41) is 18.1. The number of nitrogens with zero attached hydrogens (tertiary/aromatic N) is 5. The molecule has 0 aromatic carbocycles. The zero-order valence-corrected chi connectivity index (χ0v) is 13.2. The molecule has 0 bridgehead atoms. The number of aryl methyl sites for hydroxylation is 2. The Balaban J connectivity index is 2.77. The molecule has 6 nitrogen and oxygen atoms in total. The van der Waals surface area contributed by atoms with Gasteiger partial charge in [0.25, 0.3) is 0 Å². The number of thioether (sulfide) groups is 1. The summed E-state index contributed by atoms with van der Waals surface area (Å²) in [4.78, 5) is 22.0. The maximum Gasteiger partial charge on any atom is 0.224 e. The van der Waals surface area contributed by atoms with Gasteiger partial charge in [-0.3, -0.25) is 4.79 Å². The Morgan fingerprint density at radius 1 is 1.19 bits per heavy atom. The Morgan fingerprint density at radius 3 is 2.14 bits per heavy atom. The van der Waals surface area contributed by atoms with Crippen molar-refractivity contribution in [2.75, 3.05) is 19.3 Å². The Labute approximate surface area is 128 Å². The van der Waals surface area contributed by atoms with Crippen LogP contribution >= 0.6 is 11.8 Å². The second-order valence-electron chi connectivity index (χ2n) is 4.43. The summed E-state index contributed by atoms with van der Waals surface area (Å²) in [5.74, 6) is -0.203. The zero-order chi connectivity index (χ0) is 15.8. The molecule has 0 N–H and O–H groups in total. The molecular weight excluding hydrogens is 286 g/mol. The molecule has 0 aliphatic rings. The highest BCUT2D eigenvalue weighted by Gasteiger charge is 2.15. The van der Waals surface area contributed by atoms with Gasteiger partial charge in [-0.1, -0.05) is 11.8 Å². The Kier molecular flexibility index (Phi) is 6.64. The maximum atomic E-state index is 12.0. The molecule has 1 rings (SSSR count). The van der Waals surface area contributed by atoms with E-state index in [1.54, 1.807) is 0 Å². The predicted octanol–water partition coefficient (Wildman–Crippen LogP) is 1.62. The van der Waals surface area contributed by atoms with E-state index in [0.717, 1.165) is 22.1 Å². The lowest BCUT2D eigenvalue weighted by Crippen LogP contribution is -2.32. The van der Waals surface area contributed by atoms with Crippen LogP contribution < -0.4 is 0 Å². The maximum absolute atomic E-state index is 12.0. The van der Waals surface area contributed by atoms with Crippen LogP contribution in [-0.2, 0) is 11.2 Å². The van der Waals surface area contributed by atoms with E-state index in [1.165, 1.54) is 16.7 Å². The summed E-state index contributed by atoms with van der Waals surface area (Å²) in [6.45, 7) is 3.67. The number of hydrogen-bond acceptors (Lipinski definition) is 6. The number of hydrogen-bond donors (Lipinski definition) is 0. The van der Waals surface area contributed by atoms with E-state index in [0.29, 0.717) is 6.42 Å². The second-order valence-corrected chi connectivity index (χ2v) is 5.20. The molecule has 1 aromatic rings. The monoisotopic (exact) mass is 303 g/mol. The molecule has 0 unspecified atom stereocenters. The molecule has 1 amide bonds. The van der Waals surface area contributed by atoms with Crippen molar-refractivity contribution in [2.45, 2.75) is 31.8 Å². The predicted molar refractivity (Wildman–Crippen MR) is 79.4 cm³/mol. The highest BCUT2D eigenvalue weighted by molar-refractivity contribution is 7.98. The molecule has 0 saturated heterocycles. The number of nitriles is 2. The first-order valence-corrected chi connectivity index (χ1v) is 7.65. The lowest BCUT2D eigenvalue weighted by Gasteiger charge is -2.16. The molecule has 0 radical (unpaired) electrons. The lowest BCUT2D eigenvalue weighted by atomic mass is 10.1. The van der Waals surface area contributed by atoms with Crippen molar-refractivity contribution in [1.29, 1.82) is 10.5 Å². The minimum absolute atomic E-state index is 0.0632. The largest absolute Gasteiger partial charge is 0.316 e. The van der Waals surface area contributed by atoms with Gasteiger partial charge in [0, 0.05) is 17.8 Å². The molecule has 0 atom stereocenters. The molecular formula is C14H17N5OS. The standard InChI is InChI=1S/C14H17N5OS/c1-10-12(11(2)18-14(17-10)21-3)4-5-13(20)19(8-6-15)9-7-16/h4-5,8-9H2,1-3H3. The fourth-order valence-corrected chi connectivity index (χ4v) is 2.41.